The Hall–Kier alpha value is -1.72. The van der Waals surface area contributed by atoms with Crippen LogP contribution >= 0.6 is 0 Å². The predicted octanol–water partition coefficient (Wildman–Crippen LogP) is 0.400. The summed E-state index contributed by atoms with van der Waals surface area (Å²) in [5.74, 6) is -0.717. The first-order valence-corrected chi connectivity index (χ1v) is 6.45. The summed E-state index contributed by atoms with van der Waals surface area (Å²) in [7, 11) is 0. The molecule has 0 spiro atoms. The maximum Gasteiger partial charge on any atom is 0.257 e. The maximum atomic E-state index is 11.8. The summed E-state index contributed by atoms with van der Waals surface area (Å²) >= 11 is 0. The van der Waals surface area contributed by atoms with E-state index in [2.05, 4.69) is 5.32 Å². The lowest BCUT2D eigenvalue weighted by Gasteiger charge is -2.29. The van der Waals surface area contributed by atoms with Gasteiger partial charge in [-0.3, -0.25) is 19.8 Å². The van der Waals surface area contributed by atoms with Crippen molar-refractivity contribution in [1.29, 1.82) is 0 Å². The minimum Gasteiger partial charge on any atom is -0.392 e. The number of aliphatic hydroxyl groups excluding tert-OH is 1. The fourth-order valence-electron chi connectivity index (χ4n) is 2.21. The van der Waals surface area contributed by atoms with E-state index in [4.69, 9.17) is 0 Å². The molecule has 5 nitrogen and oxygen atoms in total. The van der Waals surface area contributed by atoms with Gasteiger partial charge in [0.05, 0.1) is 12.6 Å². The van der Waals surface area contributed by atoms with Crippen molar-refractivity contribution in [1.82, 2.24) is 10.2 Å². The van der Waals surface area contributed by atoms with Crippen molar-refractivity contribution in [2.75, 3.05) is 19.6 Å². The molecule has 2 rings (SSSR count). The van der Waals surface area contributed by atoms with Crippen LogP contribution in [0.2, 0.25) is 0 Å². The molecule has 1 heterocycles. The van der Waals surface area contributed by atoms with E-state index in [0.29, 0.717) is 12.1 Å². The highest BCUT2D eigenvalue weighted by atomic mass is 16.3. The number of aliphatic hydroxyl groups is 1. The number of benzene rings is 1. The molecule has 1 atom stereocenters. The van der Waals surface area contributed by atoms with Crippen LogP contribution < -0.4 is 5.32 Å². The second-order valence-corrected chi connectivity index (χ2v) is 4.77. The van der Waals surface area contributed by atoms with Gasteiger partial charge in [-0.15, -0.1) is 0 Å². The van der Waals surface area contributed by atoms with Gasteiger partial charge >= 0.3 is 0 Å². The van der Waals surface area contributed by atoms with Gasteiger partial charge in [0.1, 0.15) is 0 Å². The Kier molecular flexibility index (Phi) is 4.65. The van der Waals surface area contributed by atoms with Crippen LogP contribution in [0.3, 0.4) is 0 Å². The van der Waals surface area contributed by atoms with E-state index >= 15 is 0 Å². The summed E-state index contributed by atoms with van der Waals surface area (Å²) in [5.41, 5.74) is 0.467. The standard InChI is InChI=1S/C14H18N2O3/c17-12-7-4-8-16(9-12)10-13(18)15-14(19)11-5-2-1-3-6-11/h1-3,5-6,12,17H,4,7-10H2,(H,15,18,19)/t12-/m0/s1. The van der Waals surface area contributed by atoms with Crippen LogP contribution in [-0.4, -0.2) is 47.6 Å². The summed E-state index contributed by atoms with van der Waals surface area (Å²) in [4.78, 5) is 25.4. The van der Waals surface area contributed by atoms with E-state index in [0.717, 1.165) is 19.4 Å². The van der Waals surface area contributed by atoms with Crippen LogP contribution in [0.15, 0.2) is 30.3 Å². The van der Waals surface area contributed by atoms with Crippen molar-refractivity contribution in [2.24, 2.45) is 0 Å². The SMILES string of the molecule is O=C(CN1CCC[C@H](O)C1)NC(=O)c1ccccc1. The number of piperidine rings is 1. The lowest BCUT2D eigenvalue weighted by atomic mass is 10.1. The molecule has 0 unspecified atom stereocenters. The number of nitrogens with zero attached hydrogens (tertiary/aromatic N) is 1. The quantitative estimate of drug-likeness (QED) is 0.827. The molecule has 0 saturated carbocycles. The Morgan fingerprint density at radius 3 is 2.74 bits per heavy atom. The number of amides is 2. The fourth-order valence-corrected chi connectivity index (χ4v) is 2.21. The summed E-state index contributed by atoms with van der Waals surface area (Å²) in [6, 6.07) is 8.63. The number of hydrogen-bond acceptors (Lipinski definition) is 4. The minimum atomic E-state index is -0.386. The van der Waals surface area contributed by atoms with Gasteiger partial charge in [0.25, 0.3) is 5.91 Å². The molecule has 1 saturated heterocycles. The van der Waals surface area contributed by atoms with Gasteiger partial charge < -0.3 is 5.11 Å². The second-order valence-electron chi connectivity index (χ2n) is 4.77. The highest BCUT2D eigenvalue weighted by molar-refractivity contribution is 6.05. The van der Waals surface area contributed by atoms with E-state index < -0.39 is 0 Å². The van der Waals surface area contributed by atoms with Gasteiger partial charge in [0.15, 0.2) is 0 Å². The van der Waals surface area contributed by atoms with Gasteiger partial charge in [-0.05, 0) is 31.5 Å². The van der Waals surface area contributed by atoms with Crippen molar-refractivity contribution in [3.8, 4) is 0 Å². The number of β-amino-alcohol motifs (C(OH)–C–C–N with tert-alkyl or cyclic N) is 1. The third-order valence-electron chi connectivity index (χ3n) is 3.14. The Bertz CT molecular complexity index is 447. The lowest BCUT2D eigenvalue weighted by Crippen LogP contribution is -2.45. The molecule has 1 aromatic carbocycles. The summed E-state index contributed by atoms with van der Waals surface area (Å²) in [6.45, 7) is 1.42. The molecule has 2 N–H and O–H groups in total. The third kappa shape index (κ3) is 4.15. The molecule has 102 valence electrons. The summed E-state index contributed by atoms with van der Waals surface area (Å²) in [5, 5.41) is 11.9. The van der Waals surface area contributed by atoms with E-state index in [1.807, 2.05) is 11.0 Å². The zero-order chi connectivity index (χ0) is 13.7. The molecule has 1 aliphatic rings. The van der Waals surface area contributed by atoms with Crippen LogP contribution in [-0.2, 0) is 4.79 Å². The maximum absolute atomic E-state index is 11.8. The molecule has 0 aliphatic carbocycles. The van der Waals surface area contributed by atoms with Crippen LogP contribution in [0.1, 0.15) is 23.2 Å². The molecule has 5 heteroatoms. The Morgan fingerprint density at radius 1 is 1.32 bits per heavy atom. The van der Waals surface area contributed by atoms with Crippen LogP contribution in [0.25, 0.3) is 0 Å². The zero-order valence-electron chi connectivity index (χ0n) is 10.7. The first-order valence-electron chi connectivity index (χ1n) is 6.45. The van der Waals surface area contributed by atoms with Crippen LogP contribution in [0, 0.1) is 0 Å². The Labute approximate surface area is 112 Å². The smallest absolute Gasteiger partial charge is 0.257 e. The average Bonchev–Trinajstić information content (AvgIpc) is 2.39. The van der Waals surface area contributed by atoms with E-state index in [9.17, 15) is 14.7 Å². The van der Waals surface area contributed by atoms with Gasteiger partial charge in [0, 0.05) is 12.1 Å². The topological polar surface area (TPSA) is 69.6 Å². The van der Waals surface area contributed by atoms with E-state index in [1.54, 1.807) is 24.3 Å². The fraction of sp³-hybridized carbons (Fsp3) is 0.429. The van der Waals surface area contributed by atoms with Gasteiger partial charge in [-0.25, -0.2) is 0 Å². The zero-order valence-corrected chi connectivity index (χ0v) is 10.7. The van der Waals surface area contributed by atoms with Gasteiger partial charge in [0.2, 0.25) is 5.91 Å². The highest BCUT2D eigenvalue weighted by Gasteiger charge is 2.20. The first-order chi connectivity index (χ1) is 9.15. The van der Waals surface area contributed by atoms with E-state index in [1.165, 1.54) is 0 Å². The number of carbonyl (C=O) groups is 2. The number of rotatable bonds is 3. The van der Waals surface area contributed by atoms with Gasteiger partial charge in [-0.2, -0.15) is 0 Å². The molecular formula is C14H18N2O3. The van der Waals surface area contributed by atoms with Crippen LogP contribution in [0.4, 0.5) is 0 Å². The molecule has 1 fully saturated rings. The number of likely N-dealkylation sites (tertiary alicyclic amines) is 1. The predicted molar refractivity (Wildman–Crippen MR) is 70.6 cm³/mol. The largest absolute Gasteiger partial charge is 0.392 e. The van der Waals surface area contributed by atoms with Crippen molar-refractivity contribution in [3.05, 3.63) is 35.9 Å². The lowest BCUT2D eigenvalue weighted by molar-refractivity contribution is -0.121. The van der Waals surface area contributed by atoms with Crippen molar-refractivity contribution in [2.45, 2.75) is 18.9 Å². The molecule has 1 aliphatic heterocycles. The molecule has 19 heavy (non-hydrogen) atoms. The first kappa shape index (κ1) is 13.7. The number of carbonyl (C=O) groups excluding carboxylic acids is 2. The van der Waals surface area contributed by atoms with Crippen LogP contribution in [0.5, 0.6) is 0 Å². The molecule has 0 bridgehead atoms. The third-order valence-corrected chi connectivity index (χ3v) is 3.14. The minimum absolute atomic E-state index is 0.148. The highest BCUT2D eigenvalue weighted by Crippen LogP contribution is 2.08. The van der Waals surface area contributed by atoms with Crippen molar-refractivity contribution >= 4 is 11.8 Å². The van der Waals surface area contributed by atoms with E-state index in [-0.39, 0.29) is 24.5 Å². The monoisotopic (exact) mass is 262 g/mol. The number of nitrogens with one attached hydrogen (secondary N) is 1. The molecule has 0 aromatic heterocycles. The Morgan fingerprint density at radius 2 is 2.05 bits per heavy atom. The normalized spacial score (nSPS) is 19.9. The second kappa shape index (κ2) is 6.45. The molecule has 0 radical (unpaired) electrons. The Balaban J connectivity index is 1.82. The average molecular weight is 262 g/mol. The molecular weight excluding hydrogens is 244 g/mol. The number of hydrogen-bond donors (Lipinski definition) is 2. The van der Waals surface area contributed by atoms with Gasteiger partial charge in [-0.1, -0.05) is 18.2 Å². The summed E-state index contributed by atoms with van der Waals surface area (Å²) in [6.07, 6.45) is 1.29. The van der Waals surface area contributed by atoms with Crippen molar-refractivity contribution in [3.63, 3.8) is 0 Å². The molecule has 1 aromatic rings. The van der Waals surface area contributed by atoms with Crippen molar-refractivity contribution < 1.29 is 14.7 Å². The number of imide groups is 1. The molecule has 2 amide bonds. The summed E-state index contributed by atoms with van der Waals surface area (Å²) < 4.78 is 0.